The maximum atomic E-state index is 12.7. The minimum Gasteiger partial charge on any atom is -0.383 e. The van der Waals surface area contributed by atoms with Crippen LogP contribution in [0.3, 0.4) is 0 Å². The molecule has 2 N–H and O–H groups in total. The lowest BCUT2D eigenvalue weighted by atomic mass is 10.1. The molecule has 0 saturated heterocycles. The summed E-state index contributed by atoms with van der Waals surface area (Å²) in [6, 6.07) is 16.1. The van der Waals surface area contributed by atoms with Gasteiger partial charge < -0.3 is 10.6 Å². The first-order valence-electron chi connectivity index (χ1n) is 8.17. The number of rotatable bonds is 6. The number of benzene rings is 3. The van der Waals surface area contributed by atoms with Crippen LogP contribution in [-0.2, 0) is 6.18 Å². The van der Waals surface area contributed by atoms with Gasteiger partial charge in [0, 0.05) is 30.2 Å². The van der Waals surface area contributed by atoms with Gasteiger partial charge in [0.25, 0.3) is 5.69 Å². The first kappa shape index (κ1) is 18.5. The van der Waals surface area contributed by atoms with Gasteiger partial charge >= 0.3 is 6.18 Å². The van der Waals surface area contributed by atoms with Crippen molar-refractivity contribution in [3.05, 3.63) is 76.3 Å². The quantitative estimate of drug-likeness (QED) is 0.349. The molecule has 0 aromatic heterocycles. The molecule has 0 unspecified atom stereocenters. The molecule has 3 aromatic rings. The van der Waals surface area contributed by atoms with E-state index < -0.39 is 22.4 Å². The Kier molecular flexibility index (Phi) is 5.16. The van der Waals surface area contributed by atoms with Crippen molar-refractivity contribution in [1.29, 1.82) is 0 Å². The molecule has 0 heterocycles. The van der Waals surface area contributed by atoms with Gasteiger partial charge in [0.2, 0.25) is 0 Å². The van der Waals surface area contributed by atoms with Gasteiger partial charge in [-0.25, -0.2) is 0 Å². The van der Waals surface area contributed by atoms with Gasteiger partial charge in [-0.05, 0) is 23.6 Å². The van der Waals surface area contributed by atoms with Crippen molar-refractivity contribution in [2.75, 3.05) is 23.7 Å². The Bertz CT molecular complexity index is 969. The van der Waals surface area contributed by atoms with E-state index in [2.05, 4.69) is 10.6 Å². The topological polar surface area (TPSA) is 67.2 Å². The fourth-order valence-corrected chi connectivity index (χ4v) is 2.78. The SMILES string of the molecule is O=[N+]([O-])c1cc(C(F)(F)F)ccc1NCCNc1cccc2ccccc12. The molecular formula is C19H16F3N3O2. The van der Waals surface area contributed by atoms with Crippen molar-refractivity contribution in [2.45, 2.75) is 6.18 Å². The smallest absolute Gasteiger partial charge is 0.383 e. The van der Waals surface area contributed by atoms with Crippen molar-refractivity contribution >= 4 is 27.8 Å². The van der Waals surface area contributed by atoms with Crippen LogP contribution in [0.15, 0.2) is 60.7 Å². The van der Waals surface area contributed by atoms with Crippen LogP contribution in [0.5, 0.6) is 0 Å². The standard InChI is InChI=1S/C19H16F3N3O2/c20-19(21,22)14-8-9-17(18(12-14)25(26)27)24-11-10-23-16-7-3-5-13-4-1-2-6-15(13)16/h1-9,12,23-24H,10-11H2. The van der Waals surface area contributed by atoms with Crippen LogP contribution in [0.1, 0.15) is 5.56 Å². The molecule has 0 aliphatic carbocycles. The molecule has 0 saturated carbocycles. The van der Waals surface area contributed by atoms with Gasteiger partial charge in [-0.1, -0.05) is 36.4 Å². The number of hydrogen-bond acceptors (Lipinski definition) is 4. The number of nitrogens with one attached hydrogen (secondary N) is 2. The highest BCUT2D eigenvalue weighted by Crippen LogP contribution is 2.34. The molecular weight excluding hydrogens is 359 g/mol. The summed E-state index contributed by atoms with van der Waals surface area (Å²) in [5.41, 5.74) is -0.687. The lowest BCUT2D eigenvalue weighted by Gasteiger charge is -2.12. The van der Waals surface area contributed by atoms with Crippen LogP contribution in [0, 0.1) is 10.1 Å². The van der Waals surface area contributed by atoms with Crippen LogP contribution >= 0.6 is 0 Å². The minimum atomic E-state index is -4.63. The van der Waals surface area contributed by atoms with Crippen LogP contribution < -0.4 is 10.6 Å². The van der Waals surface area contributed by atoms with Gasteiger partial charge in [0.1, 0.15) is 5.69 Å². The summed E-state index contributed by atoms with van der Waals surface area (Å²) in [6.45, 7) is 0.738. The maximum Gasteiger partial charge on any atom is 0.416 e. The van der Waals surface area contributed by atoms with Crippen molar-refractivity contribution in [2.24, 2.45) is 0 Å². The van der Waals surface area contributed by atoms with E-state index in [1.54, 1.807) is 0 Å². The van der Waals surface area contributed by atoms with Crippen molar-refractivity contribution in [1.82, 2.24) is 0 Å². The highest BCUT2D eigenvalue weighted by atomic mass is 19.4. The summed E-state index contributed by atoms with van der Waals surface area (Å²) in [5.74, 6) is 0. The molecule has 8 heteroatoms. The largest absolute Gasteiger partial charge is 0.416 e. The Morgan fingerprint density at radius 3 is 2.26 bits per heavy atom. The van der Waals surface area contributed by atoms with E-state index in [0.29, 0.717) is 19.2 Å². The molecule has 3 rings (SSSR count). The summed E-state index contributed by atoms with van der Waals surface area (Å²) in [6.07, 6.45) is -4.63. The Balaban J connectivity index is 1.67. The van der Waals surface area contributed by atoms with E-state index in [0.717, 1.165) is 28.6 Å². The van der Waals surface area contributed by atoms with Crippen molar-refractivity contribution in [3.8, 4) is 0 Å². The van der Waals surface area contributed by atoms with E-state index in [4.69, 9.17) is 0 Å². The second-order valence-electron chi connectivity index (χ2n) is 5.87. The third-order valence-electron chi connectivity index (χ3n) is 4.07. The summed E-state index contributed by atoms with van der Waals surface area (Å²) in [7, 11) is 0. The summed E-state index contributed by atoms with van der Waals surface area (Å²) in [5, 5.41) is 19.3. The maximum absolute atomic E-state index is 12.7. The lowest BCUT2D eigenvalue weighted by molar-refractivity contribution is -0.384. The molecule has 0 aliphatic heterocycles. The second-order valence-corrected chi connectivity index (χ2v) is 5.87. The molecule has 0 radical (unpaired) electrons. The Labute approximate surface area is 153 Å². The molecule has 0 fully saturated rings. The van der Waals surface area contributed by atoms with Crippen LogP contribution in [-0.4, -0.2) is 18.0 Å². The molecule has 140 valence electrons. The highest BCUT2D eigenvalue weighted by Gasteiger charge is 2.32. The Hall–Kier alpha value is -3.29. The zero-order valence-electron chi connectivity index (χ0n) is 14.1. The second kappa shape index (κ2) is 7.53. The van der Waals surface area contributed by atoms with Crippen LogP contribution in [0.4, 0.5) is 30.2 Å². The van der Waals surface area contributed by atoms with Gasteiger partial charge in [-0.15, -0.1) is 0 Å². The molecule has 0 atom stereocenters. The van der Waals surface area contributed by atoms with Crippen LogP contribution in [0.2, 0.25) is 0 Å². The molecule has 27 heavy (non-hydrogen) atoms. The molecule has 5 nitrogen and oxygen atoms in total. The van der Waals surface area contributed by atoms with Crippen LogP contribution in [0.25, 0.3) is 10.8 Å². The molecule has 0 spiro atoms. The Morgan fingerprint density at radius 1 is 0.889 bits per heavy atom. The van der Waals surface area contributed by atoms with Crippen molar-refractivity contribution in [3.63, 3.8) is 0 Å². The average Bonchev–Trinajstić information content (AvgIpc) is 2.64. The zero-order chi connectivity index (χ0) is 19.4. The molecule has 0 bridgehead atoms. The van der Waals surface area contributed by atoms with E-state index in [1.807, 2.05) is 42.5 Å². The summed E-state index contributed by atoms with van der Waals surface area (Å²) < 4.78 is 38.2. The van der Waals surface area contributed by atoms with E-state index >= 15 is 0 Å². The number of hydrogen-bond donors (Lipinski definition) is 2. The molecule has 3 aromatic carbocycles. The van der Waals surface area contributed by atoms with Crippen molar-refractivity contribution < 1.29 is 18.1 Å². The summed E-state index contributed by atoms with van der Waals surface area (Å²) >= 11 is 0. The predicted molar refractivity (Wildman–Crippen MR) is 99.0 cm³/mol. The fourth-order valence-electron chi connectivity index (χ4n) is 2.78. The van der Waals surface area contributed by atoms with E-state index in [1.165, 1.54) is 0 Å². The van der Waals surface area contributed by atoms with Gasteiger partial charge in [0.15, 0.2) is 0 Å². The average molecular weight is 375 g/mol. The number of anilines is 2. The number of fused-ring (bicyclic) bond motifs is 1. The molecule has 0 amide bonds. The zero-order valence-corrected chi connectivity index (χ0v) is 14.1. The molecule has 0 aliphatic rings. The summed E-state index contributed by atoms with van der Waals surface area (Å²) in [4.78, 5) is 10.3. The Morgan fingerprint density at radius 2 is 1.56 bits per heavy atom. The number of halogens is 3. The third kappa shape index (κ3) is 4.28. The first-order valence-corrected chi connectivity index (χ1v) is 8.17. The monoisotopic (exact) mass is 375 g/mol. The minimum absolute atomic E-state index is 0.0488. The van der Waals surface area contributed by atoms with E-state index in [-0.39, 0.29) is 5.69 Å². The third-order valence-corrected chi connectivity index (χ3v) is 4.07. The van der Waals surface area contributed by atoms with Gasteiger partial charge in [-0.2, -0.15) is 13.2 Å². The fraction of sp³-hybridized carbons (Fsp3) is 0.158. The van der Waals surface area contributed by atoms with Gasteiger partial charge in [-0.3, -0.25) is 10.1 Å². The lowest BCUT2D eigenvalue weighted by Crippen LogP contribution is -2.15. The highest BCUT2D eigenvalue weighted by molar-refractivity contribution is 5.93. The van der Waals surface area contributed by atoms with Gasteiger partial charge in [0.05, 0.1) is 10.5 Å². The number of nitro groups is 1. The number of alkyl halides is 3. The van der Waals surface area contributed by atoms with E-state index in [9.17, 15) is 23.3 Å². The number of nitrogens with zero attached hydrogens (tertiary/aromatic N) is 1. The normalized spacial score (nSPS) is 11.4. The predicted octanol–water partition coefficient (Wildman–Crippen LogP) is 5.29. The number of nitro benzene ring substituents is 1. The first-order chi connectivity index (χ1) is 12.9.